The number of methoxy groups -OCH3 is 1. The first kappa shape index (κ1) is 22.5. The van der Waals surface area contributed by atoms with Crippen molar-refractivity contribution in [1.29, 1.82) is 0 Å². The number of aryl methyl sites for hydroxylation is 1. The number of nitrogens with one attached hydrogen (secondary N) is 1. The van der Waals surface area contributed by atoms with Gasteiger partial charge in [0.1, 0.15) is 17.4 Å². The molecule has 0 unspecified atom stereocenters. The van der Waals surface area contributed by atoms with E-state index in [1.807, 2.05) is 0 Å². The molecule has 12 heteroatoms. The number of pyridine rings is 1. The largest absolute Gasteiger partial charge is 0.496 e. The highest BCUT2D eigenvalue weighted by Gasteiger charge is 2.32. The van der Waals surface area contributed by atoms with Crippen LogP contribution in [0.3, 0.4) is 0 Å². The molecule has 0 spiro atoms. The second kappa shape index (κ2) is 8.03. The number of hydrogen-bond acceptors (Lipinski definition) is 5. The van der Waals surface area contributed by atoms with Crippen LogP contribution in [0.25, 0.3) is 16.8 Å². The number of nitrogens with zero attached hydrogens (tertiary/aromatic N) is 3. The van der Waals surface area contributed by atoms with Gasteiger partial charge < -0.3 is 4.74 Å². The molecule has 0 saturated carbocycles. The van der Waals surface area contributed by atoms with E-state index in [-0.39, 0.29) is 11.3 Å². The Hall–Kier alpha value is -3.67. The van der Waals surface area contributed by atoms with E-state index in [1.165, 1.54) is 35.8 Å². The van der Waals surface area contributed by atoms with Crippen molar-refractivity contribution in [2.75, 3.05) is 11.8 Å². The molecule has 0 aliphatic rings. The van der Waals surface area contributed by atoms with Crippen molar-refractivity contribution >= 4 is 21.4 Å². The molecule has 0 amide bonds. The molecule has 1 N–H and O–H groups in total. The van der Waals surface area contributed by atoms with Crippen molar-refractivity contribution < 1.29 is 30.7 Å². The van der Waals surface area contributed by atoms with E-state index in [0.29, 0.717) is 28.8 Å². The molecule has 0 atom stereocenters. The second-order valence-electron chi connectivity index (χ2n) is 7.06. The monoisotopic (exact) mass is 480 g/mol. The summed E-state index contributed by atoms with van der Waals surface area (Å²) >= 11 is 0. The van der Waals surface area contributed by atoms with E-state index < -0.39 is 32.5 Å². The summed E-state index contributed by atoms with van der Waals surface area (Å²) in [4.78, 5) is -0.583. The fourth-order valence-electron chi connectivity index (χ4n) is 3.28. The van der Waals surface area contributed by atoms with Crippen LogP contribution in [-0.2, 0) is 16.2 Å². The number of halogens is 4. The maximum Gasteiger partial charge on any atom is 0.416 e. The molecule has 2 aromatic heterocycles. The van der Waals surface area contributed by atoms with Gasteiger partial charge in [0.2, 0.25) is 0 Å². The minimum absolute atomic E-state index is 0.0585. The zero-order valence-electron chi connectivity index (χ0n) is 17.2. The van der Waals surface area contributed by atoms with Gasteiger partial charge in [0.15, 0.2) is 5.65 Å². The van der Waals surface area contributed by atoms with Crippen LogP contribution in [0.5, 0.6) is 5.75 Å². The second-order valence-corrected chi connectivity index (χ2v) is 8.74. The number of benzene rings is 2. The molecule has 0 saturated heterocycles. The Morgan fingerprint density at radius 1 is 1.06 bits per heavy atom. The van der Waals surface area contributed by atoms with E-state index in [1.54, 1.807) is 13.1 Å². The zero-order valence-corrected chi connectivity index (χ0v) is 18.0. The number of alkyl halides is 3. The van der Waals surface area contributed by atoms with Gasteiger partial charge in [-0.15, -0.1) is 10.2 Å². The highest BCUT2D eigenvalue weighted by atomic mass is 32.2. The van der Waals surface area contributed by atoms with Crippen LogP contribution in [0.4, 0.5) is 23.2 Å². The maximum absolute atomic E-state index is 13.9. The quantitative estimate of drug-likeness (QED) is 0.420. The zero-order chi connectivity index (χ0) is 24.0. The number of hydrogen-bond donors (Lipinski definition) is 1. The summed E-state index contributed by atoms with van der Waals surface area (Å²) in [5.41, 5.74) is -0.360. The van der Waals surface area contributed by atoms with Gasteiger partial charge in [0, 0.05) is 17.3 Å². The molecule has 4 aromatic rings. The maximum atomic E-state index is 13.9. The Bertz CT molecular complexity index is 1470. The molecular weight excluding hydrogens is 464 g/mol. The average molecular weight is 480 g/mol. The fraction of sp³-hybridized carbons (Fsp3) is 0.143. The summed E-state index contributed by atoms with van der Waals surface area (Å²) in [6, 6.07) is 8.58. The number of ether oxygens (including phenoxy) is 1. The number of anilines is 1. The third-order valence-corrected chi connectivity index (χ3v) is 6.23. The lowest BCUT2D eigenvalue weighted by Gasteiger charge is -2.14. The van der Waals surface area contributed by atoms with Crippen molar-refractivity contribution in [2.45, 2.75) is 18.0 Å². The van der Waals surface area contributed by atoms with Crippen LogP contribution >= 0.6 is 0 Å². The lowest BCUT2D eigenvalue weighted by atomic mass is 10.1. The van der Waals surface area contributed by atoms with E-state index in [0.717, 1.165) is 18.2 Å². The van der Waals surface area contributed by atoms with Crippen molar-refractivity contribution in [2.24, 2.45) is 0 Å². The Kier molecular flexibility index (Phi) is 5.48. The van der Waals surface area contributed by atoms with Gasteiger partial charge >= 0.3 is 6.18 Å². The SMILES string of the molecule is COc1ccc(F)cc1-c1cc(NS(=O)(=O)c2cccc(C(F)(F)F)c2)c2nnc(C)n2c1. The average Bonchev–Trinajstić information content (AvgIpc) is 3.14. The molecule has 0 fully saturated rings. The van der Waals surface area contributed by atoms with Crippen LogP contribution < -0.4 is 9.46 Å². The Balaban J connectivity index is 1.86. The van der Waals surface area contributed by atoms with Gasteiger partial charge in [-0.1, -0.05) is 6.07 Å². The van der Waals surface area contributed by atoms with Crippen molar-refractivity contribution in [3.8, 4) is 16.9 Å². The van der Waals surface area contributed by atoms with E-state index in [9.17, 15) is 26.0 Å². The van der Waals surface area contributed by atoms with Gasteiger partial charge in [-0.3, -0.25) is 9.12 Å². The number of aromatic nitrogens is 3. The lowest BCUT2D eigenvalue weighted by Crippen LogP contribution is -2.15. The third kappa shape index (κ3) is 4.33. The molecule has 4 rings (SSSR count). The van der Waals surface area contributed by atoms with Crippen molar-refractivity contribution in [1.82, 2.24) is 14.6 Å². The molecule has 7 nitrogen and oxygen atoms in total. The third-order valence-electron chi connectivity index (χ3n) is 4.86. The number of sulfonamides is 1. The molecule has 2 heterocycles. The normalized spacial score (nSPS) is 12.2. The molecule has 0 bridgehead atoms. The minimum atomic E-state index is -4.71. The summed E-state index contributed by atoms with van der Waals surface area (Å²) in [5.74, 6) is 0.187. The first-order valence-electron chi connectivity index (χ1n) is 9.39. The van der Waals surface area contributed by atoms with Gasteiger partial charge in [-0.05, 0) is 49.4 Å². The van der Waals surface area contributed by atoms with Gasteiger partial charge in [0.05, 0.1) is 23.3 Å². The molecule has 33 heavy (non-hydrogen) atoms. The van der Waals surface area contributed by atoms with E-state index in [2.05, 4.69) is 14.9 Å². The van der Waals surface area contributed by atoms with Gasteiger partial charge in [0.25, 0.3) is 10.0 Å². The predicted molar refractivity (Wildman–Crippen MR) is 112 cm³/mol. The van der Waals surface area contributed by atoms with E-state index in [4.69, 9.17) is 4.74 Å². The smallest absolute Gasteiger partial charge is 0.416 e. The van der Waals surface area contributed by atoms with Crippen molar-refractivity contribution in [3.63, 3.8) is 0 Å². The molecular formula is C21H16F4N4O3S. The Morgan fingerprint density at radius 2 is 1.82 bits per heavy atom. The lowest BCUT2D eigenvalue weighted by molar-refractivity contribution is -0.137. The Labute approximate surface area is 185 Å². The summed E-state index contributed by atoms with van der Waals surface area (Å²) in [5, 5.41) is 7.87. The highest BCUT2D eigenvalue weighted by Crippen LogP contribution is 2.35. The van der Waals surface area contributed by atoms with E-state index >= 15 is 0 Å². The molecule has 0 aliphatic carbocycles. The minimum Gasteiger partial charge on any atom is -0.496 e. The molecule has 172 valence electrons. The fourth-order valence-corrected chi connectivity index (χ4v) is 4.37. The van der Waals surface area contributed by atoms with Crippen molar-refractivity contribution in [3.05, 3.63) is 71.9 Å². The molecule has 0 radical (unpaired) electrons. The standard InChI is InChI=1S/C21H16F4N4O3S/c1-12-26-27-20-18(28-33(30,31)16-5-3-4-14(9-16)21(23,24)25)8-13(11-29(12)20)17-10-15(22)6-7-19(17)32-2/h3-11,28H,1-2H3. The van der Waals surface area contributed by atoms with Crippen LogP contribution in [0.2, 0.25) is 0 Å². The van der Waals surface area contributed by atoms with Crippen LogP contribution in [0.1, 0.15) is 11.4 Å². The molecule has 2 aromatic carbocycles. The first-order chi connectivity index (χ1) is 15.5. The van der Waals surface area contributed by atoms with Gasteiger partial charge in [-0.2, -0.15) is 13.2 Å². The topological polar surface area (TPSA) is 85.6 Å². The van der Waals surface area contributed by atoms with Crippen LogP contribution in [0.15, 0.2) is 59.6 Å². The summed E-state index contributed by atoms with van der Waals surface area (Å²) in [6.45, 7) is 1.62. The number of fused-ring (bicyclic) bond motifs is 1. The predicted octanol–water partition coefficient (Wildman–Crippen LogP) is 4.67. The van der Waals surface area contributed by atoms with Crippen LogP contribution in [-0.4, -0.2) is 30.1 Å². The molecule has 0 aliphatic heterocycles. The van der Waals surface area contributed by atoms with Crippen LogP contribution in [0, 0.1) is 12.7 Å². The Morgan fingerprint density at radius 3 is 2.52 bits per heavy atom. The number of rotatable bonds is 5. The summed E-state index contributed by atoms with van der Waals surface area (Å²) in [6.07, 6.45) is -3.14. The first-order valence-corrected chi connectivity index (χ1v) is 10.9. The van der Waals surface area contributed by atoms with Gasteiger partial charge in [-0.25, -0.2) is 12.8 Å². The summed E-state index contributed by atoms with van der Waals surface area (Å²) in [7, 11) is -3.04. The summed E-state index contributed by atoms with van der Waals surface area (Å²) < 4.78 is 88.0. The highest BCUT2D eigenvalue weighted by molar-refractivity contribution is 7.92.